The Labute approximate surface area is 86.1 Å². The summed E-state index contributed by atoms with van der Waals surface area (Å²) in [7, 11) is 1.77. The van der Waals surface area contributed by atoms with Gasteiger partial charge in [-0.1, -0.05) is 0 Å². The van der Waals surface area contributed by atoms with Crippen LogP contribution >= 0.6 is 0 Å². The molecule has 80 valence electrons. The van der Waals surface area contributed by atoms with Crippen LogP contribution in [0.2, 0.25) is 0 Å². The zero-order chi connectivity index (χ0) is 11.0. The third kappa shape index (κ3) is 1.45. The van der Waals surface area contributed by atoms with Crippen LogP contribution < -0.4 is 5.32 Å². The second-order valence-electron chi connectivity index (χ2n) is 3.40. The predicted octanol–water partition coefficient (Wildman–Crippen LogP) is -0.572. The van der Waals surface area contributed by atoms with Gasteiger partial charge in [0.15, 0.2) is 5.82 Å². The highest BCUT2D eigenvalue weighted by molar-refractivity contribution is 6.02. The molecular formula is C8H11N5O2. The van der Waals surface area contributed by atoms with Gasteiger partial charge < -0.3 is 9.88 Å². The fraction of sp³-hybridized carbons (Fsp3) is 0.500. The third-order valence-corrected chi connectivity index (χ3v) is 2.39. The van der Waals surface area contributed by atoms with Crippen LogP contribution in [0, 0.1) is 0 Å². The molecule has 1 N–H and O–H groups in total. The number of hydrogen-bond donors (Lipinski definition) is 1. The Kier molecular flexibility index (Phi) is 2.14. The molecule has 15 heavy (non-hydrogen) atoms. The fourth-order valence-corrected chi connectivity index (χ4v) is 1.61. The van der Waals surface area contributed by atoms with Crippen molar-refractivity contribution in [1.29, 1.82) is 0 Å². The first kappa shape index (κ1) is 9.63. The van der Waals surface area contributed by atoms with Gasteiger partial charge in [-0.2, -0.15) is 0 Å². The summed E-state index contributed by atoms with van der Waals surface area (Å²) < 4.78 is 1.68. The van der Waals surface area contributed by atoms with Crippen LogP contribution in [0.25, 0.3) is 0 Å². The maximum atomic E-state index is 11.4. The molecular weight excluding hydrogens is 198 g/mol. The highest BCUT2D eigenvalue weighted by Crippen LogP contribution is 2.19. The van der Waals surface area contributed by atoms with Crippen molar-refractivity contribution in [1.82, 2.24) is 25.0 Å². The second-order valence-corrected chi connectivity index (χ2v) is 3.40. The highest BCUT2D eigenvalue weighted by Gasteiger charge is 2.35. The fourth-order valence-electron chi connectivity index (χ4n) is 1.61. The number of aromatic nitrogens is 3. The van der Waals surface area contributed by atoms with Gasteiger partial charge in [-0.3, -0.25) is 9.69 Å². The molecule has 2 heterocycles. The number of nitrogens with zero attached hydrogens (tertiary/aromatic N) is 4. The van der Waals surface area contributed by atoms with Gasteiger partial charge in [-0.15, -0.1) is 10.2 Å². The molecule has 1 saturated heterocycles. The number of nitrogens with one attached hydrogen (secondary N) is 1. The molecule has 0 aromatic carbocycles. The van der Waals surface area contributed by atoms with Crippen molar-refractivity contribution in [3.05, 3.63) is 12.2 Å². The molecule has 1 aromatic rings. The number of imide groups is 1. The minimum atomic E-state index is -0.396. The maximum Gasteiger partial charge on any atom is 0.325 e. The van der Waals surface area contributed by atoms with E-state index < -0.39 is 6.04 Å². The summed E-state index contributed by atoms with van der Waals surface area (Å²) in [6.45, 7) is 1.80. The first-order chi connectivity index (χ1) is 7.11. The average Bonchev–Trinajstić information content (AvgIpc) is 2.73. The smallest absolute Gasteiger partial charge is 0.325 e. The van der Waals surface area contributed by atoms with Crippen LogP contribution in [-0.2, 0) is 11.8 Å². The van der Waals surface area contributed by atoms with Crippen molar-refractivity contribution in [3.8, 4) is 0 Å². The van der Waals surface area contributed by atoms with Crippen LogP contribution in [0.1, 0.15) is 18.8 Å². The van der Waals surface area contributed by atoms with E-state index in [1.165, 1.54) is 6.33 Å². The van der Waals surface area contributed by atoms with Crippen molar-refractivity contribution in [2.45, 2.75) is 13.0 Å². The lowest BCUT2D eigenvalue weighted by Crippen LogP contribution is -2.34. The Morgan fingerprint density at radius 1 is 1.53 bits per heavy atom. The van der Waals surface area contributed by atoms with Gasteiger partial charge in [0.1, 0.15) is 6.33 Å². The van der Waals surface area contributed by atoms with Crippen molar-refractivity contribution in [3.63, 3.8) is 0 Å². The van der Waals surface area contributed by atoms with E-state index in [9.17, 15) is 9.59 Å². The minimum absolute atomic E-state index is 0.0566. The van der Waals surface area contributed by atoms with Gasteiger partial charge in [0.2, 0.25) is 0 Å². The monoisotopic (exact) mass is 209 g/mol. The number of rotatable bonds is 2. The maximum absolute atomic E-state index is 11.4. The van der Waals surface area contributed by atoms with Gasteiger partial charge in [0, 0.05) is 7.05 Å². The first-order valence-electron chi connectivity index (χ1n) is 4.55. The molecule has 2 rings (SSSR count). The van der Waals surface area contributed by atoms with E-state index in [1.807, 2.05) is 0 Å². The van der Waals surface area contributed by atoms with Gasteiger partial charge in [-0.05, 0) is 6.92 Å². The Hall–Kier alpha value is -1.92. The number of aryl methyl sites for hydroxylation is 1. The van der Waals surface area contributed by atoms with Crippen LogP contribution in [0.15, 0.2) is 6.33 Å². The van der Waals surface area contributed by atoms with Gasteiger partial charge in [0.25, 0.3) is 5.91 Å². The number of hydrogen-bond acceptors (Lipinski definition) is 4. The van der Waals surface area contributed by atoms with E-state index in [2.05, 4.69) is 15.5 Å². The molecule has 1 aliphatic rings. The quantitative estimate of drug-likeness (QED) is 0.661. The number of carbonyl (C=O) groups excluding carboxylic acids is 2. The molecule has 1 unspecified atom stereocenters. The van der Waals surface area contributed by atoms with E-state index in [-0.39, 0.29) is 18.5 Å². The summed E-state index contributed by atoms with van der Waals surface area (Å²) in [5, 5.41) is 10.0. The molecule has 0 bridgehead atoms. The summed E-state index contributed by atoms with van der Waals surface area (Å²) in [6.07, 6.45) is 1.53. The van der Waals surface area contributed by atoms with Crippen LogP contribution in [0.5, 0.6) is 0 Å². The summed E-state index contributed by atoms with van der Waals surface area (Å²) in [4.78, 5) is 23.9. The zero-order valence-corrected chi connectivity index (χ0v) is 8.47. The summed E-state index contributed by atoms with van der Waals surface area (Å²) in [5.41, 5.74) is 0. The Morgan fingerprint density at radius 2 is 2.27 bits per heavy atom. The largest absolute Gasteiger partial charge is 0.329 e. The van der Waals surface area contributed by atoms with Crippen molar-refractivity contribution in [2.75, 3.05) is 6.54 Å². The minimum Gasteiger partial charge on any atom is -0.329 e. The lowest BCUT2D eigenvalue weighted by atomic mass is 10.3. The lowest BCUT2D eigenvalue weighted by Gasteiger charge is -2.19. The molecule has 7 nitrogen and oxygen atoms in total. The van der Waals surface area contributed by atoms with E-state index in [0.29, 0.717) is 5.82 Å². The normalized spacial score (nSPS) is 18.1. The highest BCUT2D eigenvalue weighted by atomic mass is 16.2. The van der Waals surface area contributed by atoms with Gasteiger partial charge >= 0.3 is 6.03 Å². The van der Waals surface area contributed by atoms with Gasteiger partial charge in [-0.25, -0.2) is 4.79 Å². The molecule has 3 amide bonds. The SMILES string of the molecule is CC(c1nncn1C)N1C(=O)CNC1=O. The van der Waals surface area contributed by atoms with E-state index in [1.54, 1.807) is 18.5 Å². The van der Waals surface area contributed by atoms with E-state index >= 15 is 0 Å². The lowest BCUT2D eigenvalue weighted by molar-refractivity contribution is -0.126. The van der Waals surface area contributed by atoms with Crippen LogP contribution in [-0.4, -0.2) is 38.1 Å². The number of amides is 3. The predicted molar refractivity (Wildman–Crippen MR) is 49.7 cm³/mol. The van der Waals surface area contributed by atoms with Crippen LogP contribution in [0.4, 0.5) is 4.79 Å². The second kappa shape index (κ2) is 3.34. The molecule has 7 heteroatoms. The number of carbonyl (C=O) groups is 2. The van der Waals surface area contributed by atoms with Gasteiger partial charge in [0.05, 0.1) is 12.6 Å². The standard InChI is InChI=1S/C8H11N5O2/c1-5(7-11-10-4-12(7)2)13-6(14)3-9-8(13)15/h4-5H,3H2,1-2H3,(H,9,15). The van der Waals surface area contributed by atoms with Crippen LogP contribution in [0.3, 0.4) is 0 Å². The van der Waals surface area contributed by atoms with Crippen molar-refractivity contribution >= 4 is 11.9 Å². The van der Waals surface area contributed by atoms with Crippen molar-refractivity contribution in [2.24, 2.45) is 7.05 Å². The zero-order valence-electron chi connectivity index (χ0n) is 8.47. The molecule has 0 aliphatic carbocycles. The Balaban J connectivity index is 2.28. The molecule has 0 spiro atoms. The molecule has 0 radical (unpaired) electrons. The third-order valence-electron chi connectivity index (χ3n) is 2.39. The summed E-state index contributed by atoms with van der Waals surface area (Å²) in [6, 6.07) is -0.775. The molecule has 1 aliphatic heterocycles. The summed E-state index contributed by atoms with van der Waals surface area (Å²) >= 11 is 0. The summed E-state index contributed by atoms with van der Waals surface area (Å²) in [5.74, 6) is 0.343. The Morgan fingerprint density at radius 3 is 2.73 bits per heavy atom. The van der Waals surface area contributed by atoms with E-state index in [4.69, 9.17) is 0 Å². The molecule has 0 saturated carbocycles. The average molecular weight is 209 g/mol. The Bertz CT molecular complexity index is 397. The molecule has 1 aromatic heterocycles. The molecule has 1 fully saturated rings. The number of urea groups is 1. The first-order valence-corrected chi connectivity index (χ1v) is 4.55. The van der Waals surface area contributed by atoms with Crippen molar-refractivity contribution < 1.29 is 9.59 Å². The molecule has 1 atom stereocenters. The topological polar surface area (TPSA) is 80.1 Å². The van der Waals surface area contributed by atoms with E-state index in [0.717, 1.165) is 4.90 Å².